The van der Waals surface area contributed by atoms with Gasteiger partial charge in [0.25, 0.3) is 0 Å². The molecule has 0 aliphatic heterocycles. The number of nitrogens with zero attached hydrogens (tertiary/aromatic N) is 2. The van der Waals surface area contributed by atoms with Crippen molar-refractivity contribution in [2.24, 2.45) is 5.92 Å². The van der Waals surface area contributed by atoms with Crippen LogP contribution in [0.25, 0.3) is 11.4 Å². The third kappa shape index (κ3) is 7.61. The topological polar surface area (TPSA) is 61.3 Å². The Morgan fingerprint density at radius 3 is 2.53 bits per heavy atom. The third-order valence-corrected chi connectivity index (χ3v) is 6.25. The van der Waals surface area contributed by atoms with Gasteiger partial charge in [-0.2, -0.15) is 0 Å². The third-order valence-electron chi connectivity index (χ3n) is 6.25. The average molecular weight is 439 g/mol. The number of unbranched alkanes of at least 4 members (excludes halogenated alkanes) is 6. The Bertz CT molecular complexity index is 835. The molecule has 0 N–H and O–H groups in total. The maximum Gasteiger partial charge on any atom is 0.513 e. The van der Waals surface area contributed by atoms with E-state index < -0.39 is 6.16 Å². The molecular weight excluding hydrogens is 400 g/mol. The van der Waals surface area contributed by atoms with Crippen LogP contribution in [0.1, 0.15) is 89.3 Å². The smallest absolute Gasteiger partial charge is 0.434 e. The molecule has 5 nitrogen and oxygen atoms in total. The molecule has 174 valence electrons. The summed E-state index contributed by atoms with van der Waals surface area (Å²) in [7, 11) is 0. The van der Waals surface area contributed by atoms with E-state index >= 15 is 0 Å². The van der Waals surface area contributed by atoms with Crippen molar-refractivity contribution in [1.29, 1.82) is 0 Å². The fourth-order valence-corrected chi connectivity index (χ4v) is 4.31. The molecule has 1 aromatic heterocycles. The lowest BCUT2D eigenvalue weighted by Gasteiger charge is -2.24. The Balaban J connectivity index is 1.50. The highest BCUT2D eigenvalue weighted by atomic mass is 16.7. The molecule has 0 radical (unpaired) electrons. The van der Waals surface area contributed by atoms with Crippen molar-refractivity contribution in [3.8, 4) is 17.1 Å². The highest BCUT2D eigenvalue weighted by Gasteiger charge is 2.20. The number of fused-ring (bicyclic) bond motifs is 1. The summed E-state index contributed by atoms with van der Waals surface area (Å²) >= 11 is 0. The summed E-state index contributed by atoms with van der Waals surface area (Å²) < 4.78 is 10.3. The molecule has 2 aromatic rings. The summed E-state index contributed by atoms with van der Waals surface area (Å²) in [6.07, 6.45) is 15.8. The largest absolute Gasteiger partial charge is 0.513 e. The normalized spacial score (nSPS) is 15.2. The molecule has 5 heteroatoms. The number of aromatic nitrogens is 2. The number of ether oxygens (including phenoxy) is 2. The Labute approximate surface area is 193 Å². The summed E-state index contributed by atoms with van der Waals surface area (Å²) in [6.45, 7) is 4.77. The standard InChI is InChI=1S/C27H38N2O3/c1-3-5-7-8-9-11-21-12-17-25-23(19-21)20-28-26(29-25)22-13-15-24(16-14-22)32-27(30)31-18-10-6-4-2/h13-16,20-21H,3-12,17-19H2,1-2H3. The Kier molecular flexibility index (Phi) is 9.98. The second-order valence-corrected chi connectivity index (χ2v) is 8.91. The van der Waals surface area contributed by atoms with Crippen molar-refractivity contribution in [3.63, 3.8) is 0 Å². The van der Waals surface area contributed by atoms with Gasteiger partial charge in [0, 0.05) is 17.5 Å². The first-order valence-corrected chi connectivity index (χ1v) is 12.5. The molecule has 0 fully saturated rings. The van der Waals surface area contributed by atoms with Crippen LogP contribution >= 0.6 is 0 Å². The maximum absolute atomic E-state index is 11.8. The van der Waals surface area contributed by atoms with Gasteiger partial charge in [0.15, 0.2) is 5.82 Å². The zero-order valence-electron chi connectivity index (χ0n) is 19.8. The van der Waals surface area contributed by atoms with Crippen LogP contribution in [0.4, 0.5) is 4.79 Å². The van der Waals surface area contributed by atoms with E-state index in [2.05, 4.69) is 18.8 Å². The molecule has 1 aliphatic rings. The van der Waals surface area contributed by atoms with Gasteiger partial charge in [-0.3, -0.25) is 0 Å². The summed E-state index contributed by atoms with van der Waals surface area (Å²) in [6, 6.07) is 7.31. The first-order chi connectivity index (χ1) is 15.7. The van der Waals surface area contributed by atoms with Crippen LogP contribution in [-0.4, -0.2) is 22.7 Å². The van der Waals surface area contributed by atoms with Gasteiger partial charge in [-0.25, -0.2) is 14.8 Å². The van der Waals surface area contributed by atoms with E-state index in [9.17, 15) is 4.79 Å². The van der Waals surface area contributed by atoms with E-state index in [1.807, 2.05) is 18.3 Å². The second-order valence-electron chi connectivity index (χ2n) is 8.91. The quantitative estimate of drug-likeness (QED) is 0.197. The van der Waals surface area contributed by atoms with E-state index in [0.717, 1.165) is 49.4 Å². The summed E-state index contributed by atoms with van der Waals surface area (Å²) in [5.74, 6) is 1.97. The van der Waals surface area contributed by atoms with Gasteiger partial charge in [0.05, 0.1) is 6.61 Å². The molecular formula is C27H38N2O3. The first-order valence-electron chi connectivity index (χ1n) is 12.5. The minimum absolute atomic E-state index is 0.396. The monoisotopic (exact) mass is 438 g/mol. The summed E-state index contributed by atoms with van der Waals surface area (Å²) in [5, 5.41) is 0. The van der Waals surface area contributed by atoms with Crippen molar-refractivity contribution >= 4 is 6.16 Å². The molecule has 0 spiro atoms. The number of hydrogen-bond acceptors (Lipinski definition) is 5. The first kappa shape index (κ1) is 24.2. The van der Waals surface area contributed by atoms with Crippen LogP contribution in [0.5, 0.6) is 5.75 Å². The zero-order valence-corrected chi connectivity index (χ0v) is 19.8. The lowest BCUT2D eigenvalue weighted by atomic mass is 9.84. The summed E-state index contributed by atoms with van der Waals surface area (Å²) in [4.78, 5) is 21.2. The van der Waals surface area contributed by atoms with Crippen LogP contribution in [0.2, 0.25) is 0 Å². The lowest BCUT2D eigenvalue weighted by molar-refractivity contribution is 0.0974. The van der Waals surface area contributed by atoms with E-state index in [-0.39, 0.29) is 0 Å². The van der Waals surface area contributed by atoms with Crippen LogP contribution in [0, 0.1) is 5.92 Å². The number of rotatable bonds is 12. The fraction of sp³-hybridized carbons (Fsp3) is 0.593. The van der Waals surface area contributed by atoms with Crippen LogP contribution in [-0.2, 0) is 17.6 Å². The molecule has 0 saturated carbocycles. The highest BCUT2D eigenvalue weighted by Crippen LogP contribution is 2.29. The van der Waals surface area contributed by atoms with Gasteiger partial charge in [-0.15, -0.1) is 0 Å². The number of aryl methyl sites for hydroxylation is 1. The Morgan fingerprint density at radius 1 is 1.00 bits per heavy atom. The Morgan fingerprint density at radius 2 is 1.75 bits per heavy atom. The van der Waals surface area contributed by atoms with Crippen molar-refractivity contribution in [3.05, 3.63) is 41.7 Å². The van der Waals surface area contributed by atoms with Gasteiger partial charge in [0.2, 0.25) is 0 Å². The van der Waals surface area contributed by atoms with Gasteiger partial charge in [-0.05, 0) is 61.4 Å². The van der Waals surface area contributed by atoms with E-state index in [1.165, 1.54) is 56.2 Å². The molecule has 1 atom stereocenters. The van der Waals surface area contributed by atoms with Gasteiger partial charge < -0.3 is 9.47 Å². The summed E-state index contributed by atoms with van der Waals surface area (Å²) in [5.41, 5.74) is 3.42. The molecule has 1 aliphatic carbocycles. The minimum atomic E-state index is -0.654. The predicted molar refractivity (Wildman–Crippen MR) is 128 cm³/mol. The van der Waals surface area contributed by atoms with Crippen LogP contribution < -0.4 is 4.74 Å². The Hall–Kier alpha value is -2.43. The molecule has 0 amide bonds. The molecule has 1 heterocycles. The highest BCUT2D eigenvalue weighted by molar-refractivity contribution is 5.65. The maximum atomic E-state index is 11.8. The molecule has 32 heavy (non-hydrogen) atoms. The number of hydrogen-bond donors (Lipinski definition) is 0. The van der Waals surface area contributed by atoms with E-state index in [0.29, 0.717) is 12.4 Å². The molecule has 0 saturated heterocycles. The minimum Gasteiger partial charge on any atom is -0.434 e. The SMILES string of the molecule is CCCCCCCC1CCc2nc(-c3ccc(OC(=O)OCCCCC)cc3)ncc2C1. The average Bonchev–Trinajstić information content (AvgIpc) is 2.82. The lowest BCUT2D eigenvalue weighted by Crippen LogP contribution is -2.16. The van der Waals surface area contributed by atoms with Crippen molar-refractivity contribution in [1.82, 2.24) is 9.97 Å². The second kappa shape index (κ2) is 13.2. The van der Waals surface area contributed by atoms with Gasteiger partial charge >= 0.3 is 6.16 Å². The molecule has 1 aromatic carbocycles. The van der Waals surface area contributed by atoms with Crippen molar-refractivity contribution in [2.45, 2.75) is 90.9 Å². The fourth-order valence-electron chi connectivity index (χ4n) is 4.31. The van der Waals surface area contributed by atoms with Crippen LogP contribution in [0.3, 0.4) is 0 Å². The molecule has 3 rings (SSSR count). The van der Waals surface area contributed by atoms with E-state index in [1.54, 1.807) is 12.1 Å². The van der Waals surface area contributed by atoms with E-state index in [4.69, 9.17) is 14.5 Å². The number of carbonyl (C=O) groups excluding carboxylic acids is 1. The molecule has 1 unspecified atom stereocenters. The van der Waals surface area contributed by atoms with Gasteiger partial charge in [0.1, 0.15) is 5.75 Å². The van der Waals surface area contributed by atoms with Crippen molar-refractivity contribution in [2.75, 3.05) is 6.61 Å². The predicted octanol–water partition coefficient (Wildman–Crippen LogP) is 7.31. The number of benzene rings is 1. The van der Waals surface area contributed by atoms with Gasteiger partial charge in [-0.1, -0.05) is 65.2 Å². The van der Waals surface area contributed by atoms with Crippen LogP contribution in [0.15, 0.2) is 30.5 Å². The van der Waals surface area contributed by atoms with Crippen molar-refractivity contribution < 1.29 is 14.3 Å². The number of carbonyl (C=O) groups is 1. The zero-order chi connectivity index (χ0) is 22.6. The molecule has 0 bridgehead atoms.